The molecule has 0 aliphatic carbocycles. The molecule has 2 aromatic rings. The summed E-state index contributed by atoms with van der Waals surface area (Å²) >= 11 is 0. The Kier molecular flexibility index (Phi) is 4.39. The molecular weight excluding hydrogens is 252 g/mol. The summed E-state index contributed by atoms with van der Waals surface area (Å²) in [7, 11) is 0. The summed E-state index contributed by atoms with van der Waals surface area (Å²) in [6, 6.07) is 7.86. The lowest BCUT2D eigenvalue weighted by molar-refractivity contribution is 0.234. The quantitative estimate of drug-likeness (QED) is 0.755. The molecule has 0 saturated carbocycles. The predicted octanol–water partition coefficient (Wildman–Crippen LogP) is 2.63. The number of nitrogens with one attached hydrogen (secondary N) is 2. The van der Waals surface area contributed by atoms with Gasteiger partial charge in [0.05, 0.1) is 17.7 Å². The lowest BCUT2D eigenvalue weighted by Crippen LogP contribution is -2.35. The van der Waals surface area contributed by atoms with E-state index >= 15 is 0 Å². The minimum atomic E-state index is -0.431. The number of hydrogen-bond donors (Lipinski definition) is 3. The van der Waals surface area contributed by atoms with Crippen molar-refractivity contribution >= 4 is 22.7 Å². The van der Waals surface area contributed by atoms with E-state index in [-0.39, 0.29) is 6.61 Å². The number of para-hydroxylation sites is 1. The van der Waals surface area contributed by atoms with E-state index in [1.165, 1.54) is 0 Å². The first-order chi connectivity index (χ1) is 9.55. The van der Waals surface area contributed by atoms with E-state index in [1.54, 1.807) is 0 Å². The molecule has 0 saturated heterocycles. The van der Waals surface area contributed by atoms with Gasteiger partial charge in [0.15, 0.2) is 0 Å². The van der Waals surface area contributed by atoms with Gasteiger partial charge >= 0.3 is 0 Å². The molecule has 1 aromatic carbocycles. The second kappa shape index (κ2) is 6.05. The van der Waals surface area contributed by atoms with Crippen molar-refractivity contribution < 1.29 is 5.11 Å². The summed E-state index contributed by atoms with van der Waals surface area (Å²) < 4.78 is 0. The van der Waals surface area contributed by atoms with Crippen molar-refractivity contribution in [2.45, 2.75) is 32.7 Å². The van der Waals surface area contributed by atoms with Crippen LogP contribution in [-0.2, 0) is 0 Å². The third-order valence-electron chi connectivity index (χ3n) is 2.99. The Morgan fingerprint density at radius 2 is 1.95 bits per heavy atom. The molecule has 1 aromatic heterocycles. The summed E-state index contributed by atoms with van der Waals surface area (Å²) in [4.78, 5) is 9.03. The lowest BCUT2D eigenvalue weighted by atomic mass is 10.1. The number of aliphatic hydroxyl groups excluding tert-OH is 1. The van der Waals surface area contributed by atoms with Gasteiger partial charge in [-0.2, -0.15) is 4.98 Å². The molecular formula is C15H22N4O. The molecule has 20 heavy (non-hydrogen) atoms. The van der Waals surface area contributed by atoms with Crippen LogP contribution in [0.5, 0.6) is 0 Å². The molecule has 0 atom stereocenters. The summed E-state index contributed by atoms with van der Waals surface area (Å²) in [6.07, 6.45) is 1.01. The number of benzene rings is 1. The van der Waals surface area contributed by atoms with Gasteiger partial charge in [0.25, 0.3) is 0 Å². The highest BCUT2D eigenvalue weighted by Crippen LogP contribution is 2.24. The van der Waals surface area contributed by atoms with Crippen LogP contribution >= 0.6 is 0 Å². The molecule has 5 nitrogen and oxygen atoms in total. The molecule has 0 spiro atoms. The topological polar surface area (TPSA) is 70.1 Å². The molecule has 0 fully saturated rings. The maximum atomic E-state index is 9.42. The van der Waals surface area contributed by atoms with Gasteiger partial charge in [-0.05, 0) is 32.4 Å². The van der Waals surface area contributed by atoms with E-state index in [0.717, 1.165) is 29.7 Å². The second-order valence-electron chi connectivity index (χ2n) is 5.51. The zero-order valence-electron chi connectivity index (χ0n) is 12.3. The molecule has 0 aliphatic heterocycles. The Hall–Kier alpha value is -1.88. The number of nitrogens with zero attached hydrogens (tertiary/aromatic N) is 2. The van der Waals surface area contributed by atoms with Gasteiger partial charge in [0.2, 0.25) is 5.95 Å². The van der Waals surface area contributed by atoms with E-state index < -0.39 is 5.54 Å². The standard InChI is InChI=1S/C15H22N4O/c1-4-9-16-14-17-12-8-6-5-7-11(12)13(18-14)19-15(2,3)10-20/h5-8,20H,4,9-10H2,1-3H3,(H2,16,17,18,19). The van der Waals surface area contributed by atoms with Crippen LogP contribution in [0.3, 0.4) is 0 Å². The van der Waals surface area contributed by atoms with Crippen molar-refractivity contribution in [1.29, 1.82) is 0 Å². The first-order valence-corrected chi connectivity index (χ1v) is 6.95. The SMILES string of the molecule is CCCNc1nc(NC(C)(C)CO)c2ccccc2n1. The minimum Gasteiger partial charge on any atom is -0.394 e. The van der Waals surface area contributed by atoms with Gasteiger partial charge in [-0.15, -0.1) is 0 Å². The molecule has 5 heteroatoms. The smallest absolute Gasteiger partial charge is 0.225 e. The highest BCUT2D eigenvalue weighted by Gasteiger charge is 2.18. The number of fused-ring (bicyclic) bond motifs is 1. The van der Waals surface area contributed by atoms with Crippen LogP contribution in [0.1, 0.15) is 27.2 Å². The van der Waals surface area contributed by atoms with E-state index in [9.17, 15) is 5.11 Å². The van der Waals surface area contributed by atoms with Crippen molar-refractivity contribution in [3.8, 4) is 0 Å². The fraction of sp³-hybridized carbons (Fsp3) is 0.467. The molecule has 108 valence electrons. The van der Waals surface area contributed by atoms with E-state index in [2.05, 4.69) is 27.5 Å². The van der Waals surface area contributed by atoms with Crippen molar-refractivity contribution in [2.24, 2.45) is 0 Å². The van der Waals surface area contributed by atoms with Gasteiger partial charge in [0.1, 0.15) is 5.82 Å². The van der Waals surface area contributed by atoms with Crippen LogP contribution in [0.25, 0.3) is 10.9 Å². The van der Waals surface area contributed by atoms with Crippen LogP contribution in [0.2, 0.25) is 0 Å². The predicted molar refractivity (Wildman–Crippen MR) is 83.1 cm³/mol. The summed E-state index contributed by atoms with van der Waals surface area (Å²) in [6.45, 7) is 6.83. The zero-order chi connectivity index (χ0) is 14.6. The Balaban J connectivity index is 2.43. The monoisotopic (exact) mass is 274 g/mol. The molecule has 3 N–H and O–H groups in total. The first-order valence-electron chi connectivity index (χ1n) is 6.95. The molecule has 2 rings (SSSR count). The fourth-order valence-electron chi connectivity index (χ4n) is 1.85. The van der Waals surface area contributed by atoms with Crippen LogP contribution in [0.4, 0.5) is 11.8 Å². The van der Waals surface area contributed by atoms with Crippen LogP contribution in [-0.4, -0.2) is 33.8 Å². The van der Waals surface area contributed by atoms with Crippen molar-refractivity contribution in [3.05, 3.63) is 24.3 Å². The maximum absolute atomic E-state index is 9.42. The van der Waals surface area contributed by atoms with Crippen LogP contribution in [0, 0.1) is 0 Å². The van der Waals surface area contributed by atoms with E-state index in [4.69, 9.17) is 0 Å². The van der Waals surface area contributed by atoms with Gasteiger partial charge in [-0.3, -0.25) is 0 Å². The third kappa shape index (κ3) is 3.36. The van der Waals surface area contributed by atoms with Gasteiger partial charge in [0, 0.05) is 11.9 Å². The van der Waals surface area contributed by atoms with Gasteiger partial charge in [-0.25, -0.2) is 4.98 Å². The number of rotatable bonds is 6. The molecule has 0 radical (unpaired) electrons. The zero-order valence-corrected chi connectivity index (χ0v) is 12.3. The Bertz CT molecular complexity index is 583. The Labute approximate surface area is 119 Å². The summed E-state index contributed by atoms with van der Waals surface area (Å²) in [5, 5.41) is 16.9. The first kappa shape index (κ1) is 14.5. The van der Waals surface area contributed by atoms with Crippen molar-refractivity contribution in [1.82, 2.24) is 9.97 Å². The largest absolute Gasteiger partial charge is 0.394 e. The average Bonchev–Trinajstić information content (AvgIpc) is 2.45. The molecule has 1 heterocycles. The fourth-order valence-corrected chi connectivity index (χ4v) is 1.85. The highest BCUT2D eigenvalue weighted by molar-refractivity contribution is 5.90. The Morgan fingerprint density at radius 1 is 1.20 bits per heavy atom. The molecule has 0 amide bonds. The summed E-state index contributed by atoms with van der Waals surface area (Å²) in [5.74, 6) is 1.36. The van der Waals surface area contributed by atoms with Crippen molar-refractivity contribution in [3.63, 3.8) is 0 Å². The molecule has 0 unspecified atom stereocenters. The van der Waals surface area contributed by atoms with Crippen molar-refractivity contribution in [2.75, 3.05) is 23.8 Å². The third-order valence-corrected chi connectivity index (χ3v) is 2.99. The lowest BCUT2D eigenvalue weighted by Gasteiger charge is -2.25. The highest BCUT2D eigenvalue weighted by atomic mass is 16.3. The molecule has 0 bridgehead atoms. The normalized spacial score (nSPS) is 11.6. The molecule has 0 aliphatic rings. The van der Waals surface area contributed by atoms with E-state index in [1.807, 2.05) is 38.1 Å². The van der Waals surface area contributed by atoms with Crippen LogP contribution < -0.4 is 10.6 Å². The number of aromatic nitrogens is 2. The summed E-state index contributed by atoms with van der Waals surface area (Å²) in [5.41, 5.74) is 0.455. The van der Waals surface area contributed by atoms with E-state index in [0.29, 0.717) is 5.95 Å². The number of hydrogen-bond acceptors (Lipinski definition) is 5. The minimum absolute atomic E-state index is 0.0308. The van der Waals surface area contributed by atoms with Gasteiger partial charge < -0.3 is 15.7 Å². The Morgan fingerprint density at radius 3 is 2.65 bits per heavy atom. The second-order valence-corrected chi connectivity index (χ2v) is 5.51. The average molecular weight is 274 g/mol. The number of anilines is 2. The van der Waals surface area contributed by atoms with Gasteiger partial charge in [-0.1, -0.05) is 19.1 Å². The van der Waals surface area contributed by atoms with Crippen LogP contribution in [0.15, 0.2) is 24.3 Å². The number of aliphatic hydroxyl groups is 1. The maximum Gasteiger partial charge on any atom is 0.225 e.